The van der Waals surface area contributed by atoms with E-state index in [4.69, 9.17) is 5.11 Å². The minimum Gasteiger partial charge on any atom is -0.481 e. The lowest BCUT2D eigenvalue weighted by atomic mass is 10.2. The van der Waals surface area contributed by atoms with E-state index in [1.807, 2.05) is 0 Å². The number of carboxylic acids is 1. The van der Waals surface area contributed by atoms with Crippen LogP contribution in [0.2, 0.25) is 0 Å². The number of aliphatic carboxylic acids is 1. The maximum Gasteiger partial charge on any atom is 0.315 e. The molecule has 4 nitrogen and oxygen atoms in total. The standard InChI is InChI=1S/C11H10O4S/c1-16(14,15)10-7-3-2-5-9(10)6-4-8-11(12)13/h2-3,5,7H,8H2,1H3,(H,12,13). The molecule has 0 aliphatic rings. The zero-order valence-corrected chi connectivity index (χ0v) is 9.41. The Labute approximate surface area is 93.8 Å². The highest BCUT2D eigenvalue weighted by molar-refractivity contribution is 7.90. The van der Waals surface area contributed by atoms with Gasteiger partial charge in [-0.3, -0.25) is 4.79 Å². The molecule has 1 aromatic carbocycles. The number of sulfone groups is 1. The summed E-state index contributed by atoms with van der Waals surface area (Å²) in [5.41, 5.74) is 0.325. The Morgan fingerprint density at radius 3 is 2.56 bits per heavy atom. The number of hydrogen-bond acceptors (Lipinski definition) is 3. The molecular formula is C11H10O4S. The molecule has 0 aromatic heterocycles. The van der Waals surface area contributed by atoms with E-state index in [-0.39, 0.29) is 11.3 Å². The van der Waals surface area contributed by atoms with Crippen LogP contribution in [0.25, 0.3) is 0 Å². The van der Waals surface area contributed by atoms with Gasteiger partial charge in [-0.25, -0.2) is 8.42 Å². The van der Waals surface area contributed by atoms with Gasteiger partial charge in [0.1, 0.15) is 6.42 Å². The molecule has 5 heteroatoms. The van der Waals surface area contributed by atoms with Crippen LogP contribution in [0.4, 0.5) is 0 Å². The van der Waals surface area contributed by atoms with Crippen LogP contribution in [0.3, 0.4) is 0 Å². The summed E-state index contributed by atoms with van der Waals surface area (Å²) in [5.74, 6) is 3.90. The van der Waals surface area contributed by atoms with Gasteiger partial charge >= 0.3 is 5.97 Å². The predicted molar refractivity (Wildman–Crippen MR) is 58.7 cm³/mol. The molecule has 0 bridgehead atoms. The summed E-state index contributed by atoms with van der Waals surface area (Å²) in [5, 5.41) is 8.40. The van der Waals surface area contributed by atoms with Crippen molar-refractivity contribution in [2.75, 3.05) is 6.26 Å². The molecule has 84 valence electrons. The van der Waals surface area contributed by atoms with Crippen molar-refractivity contribution >= 4 is 15.8 Å². The third kappa shape index (κ3) is 3.41. The van der Waals surface area contributed by atoms with E-state index in [9.17, 15) is 13.2 Å². The Morgan fingerprint density at radius 1 is 1.38 bits per heavy atom. The number of hydrogen-bond donors (Lipinski definition) is 1. The van der Waals surface area contributed by atoms with Crippen LogP contribution in [0.15, 0.2) is 29.2 Å². The fourth-order valence-corrected chi connectivity index (χ4v) is 1.95. The van der Waals surface area contributed by atoms with E-state index >= 15 is 0 Å². The van der Waals surface area contributed by atoms with E-state index in [0.29, 0.717) is 5.56 Å². The Balaban J connectivity index is 3.14. The van der Waals surface area contributed by atoms with E-state index in [2.05, 4.69) is 11.8 Å². The zero-order valence-electron chi connectivity index (χ0n) is 8.60. The molecule has 1 N–H and O–H groups in total. The molecule has 0 radical (unpaired) electrons. The molecular weight excluding hydrogens is 228 g/mol. The van der Waals surface area contributed by atoms with Crippen LogP contribution in [0.5, 0.6) is 0 Å². The Morgan fingerprint density at radius 2 is 2.00 bits per heavy atom. The van der Waals surface area contributed by atoms with Gasteiger partial charge in [0.25, 0.3) is 0 Å². The van der Waals surface area contributed by atoms with Crippen molar-refractivity contribution in [1.82, 2.24) is 0 Å². The summed E-state index contributed by atoms with van der Waals surface area (Å²) in [6, 6.07) is 6.24. The Hall–Kier alpha value is -1.80. The number of benzene rings is 1. The Bertz CT molecular complexity index is 561. The zero-order chi connectivity index (χ0) is 12.2. The van der Waals surface area contributed by atoms with Crippen molar-refractivity contribution < 1.29 is 18.3 Å². The summed E-state index contributed by atoms with van der Waals surface area (Å²) in [6.45, 7) is 0. The highest BCUT2D eigenvalue weighted by Crippen LogP contribution is 2.13. The molecule has 16 heavy (non-hydrogen) atoms. The minimum atomic E-state index is -3.33. The van der Waals surface area contributed by atoms with Gasteiger partial charge in [-0.1, -0.05) is 24.0 Å². The number of carbonyl (C=O) groups is 1. The Kier molecular flexibility index (Phi) is 3.69. The van der Waals surface area contributed by atoms with Gasteiger partial charge in [-0.05, 0) is 12.1 Å². The lowest BCUT2D eigenvalue weighted by Gasteiger charge is -2.00. The fraction of sp³-hybridized carbons (Fsp3) is 0.182. The molecule has 1 aromatic rings. The molecule has 0 fully saturated rings. The van der Waals surface area contributed by atoms with Crippen molar-refractivity contribution in [3.63, 3.8) is 0 Å². The minimum absolute atomic E-state index is 0.118. The van der Waals surface area contributed by atoms with Crippen LogP contribution in [0, 0.1) is 11.8 Å². The maximum absolute atomic E-state index is 11.4. The molecule has 0 atom stereocenters. The van der Waals surface area contributed by atoms with Crippen molar-refractivity contribution in [3.8, 4) is 11.8 Å². The van der Waals surface area contributed by atoms with Crippen LogP contribution in [-0.4, -0.2) is 25.7 Å². The van der Waals surface area contributed by atoms with E-state index in [1.165, 1.54) is 6.07 Å². The molecule has 1 rings (SSSR count). The molecule has 0 heterocycles. The number of carboxylic acid groups (broad SMARTS) is 1. The normalized spacial score (nSPS) is 10.3. The number of rotatable bonds is 2. The molecule has 0 saturated carbocycles. The second kappa shape index (κ2) is 4.81. The molecule has 0 aliphatic carbocycles. The van der Waals surface area contributed by atoms with Crippen LogP contribution in [-0.2, 0) is 14.6 Å². The second-order valence-electron chi connectivity index (χ2n) is 3.14. The van der Waals surface area contributed by atoms with Gasteiger partial charge in [-0.15, -0.1) is 0 Å². The van der Waals surface area contributed by atoms with Gasteiger partial charge < -0.3 is 5.11 Å². The van der Waals surface area contributed by atoms with Gasteiger partial charge in [0, 0.05) is 11.8 Å². The first-order chi connectivity index (χ1) is 7.41. The molecule has 0 aliphatic heterocycles. The van der Waals surface area contributed by atoms with Crippen molar-refractivity contribution in [1.29, 1.82) is 0 Å². The smallest absolute Gasteiger partial charge is 0.315 e. The van der Waals surface area contributed by atoms with Gasteiger partial charge in [0.2, 0.25) is 0 Å². The summed E-state index contributed by atoms with van der Waals surface area (Å²) in [6.07, 6.45) is 0.781. The monoisotopic (exact) mass is 238 g/mol. The summed E-state index contributed by atoms with van der Waals surface area (Å²) in [4.78, 5) is 10.4. The largest absolute Gasteiger partial charge is 0.481 e. The van der Waals surface area contributed by atoms with Crippen molar-refractivity contribution in [2.24, 2.45) is 0 Å². The van der Waals surface area contributed by atoms with E-state index in [1.54, 1.807) is 18.2 Å². The third-order valence-electron chi connectivity index (χ3n) is 1.75. The summed E-state index contributed by atoms with van der Waals surface area (Å²) in [7, 11) is -3.33. The SMILES string of the molecule is CS(=O)(=O)c1ccccc1C#CCC(=O)O. The highest BCUT2D eigenvalue weighted by atomic mass is 32.2. The highest BCUT2D eigenvalue weighted by Gasteiger charge is 2.10. The molecule has 0 unspecified atom stereocenters. The topological polar surface area (TPSA) is 71.4 Å². The fourth-order valence-electron chi connectivity index (χ4n) is 1.11. The average Bonchev–Trinajstić information content (AvgIpc) is 2.16. The van der Waals surface area contributed by atoms with E-state index < -0.39 is 15.8 Å². The van der Waals surface area contributed by atoms with Crippen molar-refractivity contribution in [3.05, 3.63) is 29.8 Å². The van der Waals surface area contributed by atoms with Gasteiger partial charge in [-0.2, -0.15) is 0 Å². The van der Waals surface area contributed by atoms with Gasteiger partial charge in [0.05, 0.1) is 4.90 Å². The first-order valence-corrected chi connectivity index (χ1v) is 6.30. The lowest BCUT2D eigenvalue weighted by molar-refractivity contribution is -0.135. The summed E-state index contributed by atoms with van der Waals surface area (Å²) < 4.78 is 22.7. The quantitative estimate of drug-likeness (QED) is 0.777. The average molecular weight is 238 g/mol. The second-order valence-corrected chi connectivity index (χ2v) is 5.12. The first kappa shape index (κ1) is 12.3. The summed E-state index contributed by atoms with van der Waals surface area (Å²) >= 11 is 0. The third-order valence-corrected chi connectivity index (χ3v) is 2.90. The van der Waals surface area contributed by atoms with Gasteiger partial charge in [0.15, 0.2) is 9.84 Å². The van der Waals surface area contributed by atoms with Crippen LogP contribution < -0.4 is 0 Å². The van der Waals surface area contributed by atoms with E-state index in [0.717, 1.165) is 6.26 Å². The van der Waals surface area contributed by atoms with Crippen LogP contribution in [0.1, 0.15) is 12.0 Å². The predicted octanol–water partition coefficient (Wildman–Crippen LogP) is 0.916. The lowest BCUT2D eigenvalue weighted by Crippen LogP contribution is -2.00. The van der Waals surface area contributed by atoms with Crippen LogP contribution >= 0.6 is 0 Å². The van der Waals surface area contributed by atoms with Crippen molar-refractivity contribution in [2.45, 2.75) is 11.3 Å². The molecule has 0 spiro atoms. The first-order valence-electron chi connectivity index (χ1n) is 4.41. The molecule has 0 saturated heterocycles. The molecule has 0 amide bonds. The maximum atomic E-state index is 11.4.